The Hall–Kier alpha value is -1.30. The summed E-state index contributed by atoms with van der Waals surface area (Å²) in [7, 11) is 0. The highest BCUT2D eigenvalue weighted by atomic mass is 16.5. The number of ether oxygens (including phenoxy) is 1. The van der Waals surface area contributed by atoms with E-state index in [0.717, 1.165) is 0 Å². The van der Waals surface area contributed by atoms with Crippen LogP contribution in [0.25, 0.3) is 0 Å². The van der Waals surface area contributed by atoms with Crippen LogP contribution < -0.4 is 10.9 Å². The Labute approximate surface area is 63.5 Å². The van der Waals surface area contributed by atoms with Gasteiger partial charge >= 0.3 is 12.1 Å². The zero-order valence-electron chi connectivity index (χ0n) is 6.09. The van der Waals surface area contributed by atoms with Gasteiger partial charge in [0.2, 0.25) is 0 Å². The summed E-state index contributed by atoms with van der Waals surface area (Å²) in [4.78, 5) is 20.0. The van der Waals surface area contributed by atoms with Gasteiger partial charge in [-0.25, -0.2) is 10.2 Å². The van der Waals surface area contributed by atoms with Gasteiger partial charge in [0.15, 0.2) is 0 Å². The van der Waals surface area contributed by atoms with E-state index in [9.17, 15) is 9.59 Å². The highest BCUT2D eigenvalue weighted by molar-refractivity contribution is 5.65. The van der Waals surface area contributed by atoms with Crippen molar-refractivity contribution < 1.29 is 19.4 Å². The SMILES string of the molecule is CC(=O)OCCNNC(=O)O. The molecular weight excluding hydrogens is 152 g/mol. The number of rotatable bonds is 4. The minimum absolute atomic E-state index is 0.148. The smallest absolute Gasteiger partial charge is 0.419 e. The van der Waals surface area contributed by atoms with Gasteiger partial charge in [-0.3, -0.25) is 10.2 Å². The highest BCUT2D eigenvalue weighted by Crippen LogP contribution is 1.72. The maximum atomic E-state index is 10.2. The van der Waals surface area contributed by atoms with E-state index in [2.05, 4.69) is 10.2 Å². The zero-order valence-corrected chi connectivity index (χ0v) is 6.09. The predicted molar refractivity (Wildman–Crippen MR) is 35.8 cm³/mol. The van der Waals surface area contributed by atoms with Crippen LogP contribution in [0.2, 0.25) is 0 Å². The number of carboxylic acid groups (broad SMARTS) is 1. The average Bonchev–Trinajstić information content (AvgIpc) is 1.85. The van der Waals surface area contributed by atoms with E-state index < -0.39 is 6.09 Å². The van der Waals surface area contributed by atoms with Crippen LogP contribution in [0.5, 0.6) is 0 Å². The first-order valence-corrected chi connectivity index (χ1v) is 2.98. The first-order chi connectivity index (χ1) is 5.13. The van der Waals surface area contributed by atoms with Gasteiger partial charge in [0.05, 0.1) is 0 Å². The number of carbonyl (C=O) groups is 2. The second kappa shape index (κ2) is 5.48. The third kappa shape index (κ3) is 8.70. The number of carbonyl (C=O) groups excluding carboxylic acids is 1. The van der Waals surface area contributed by atoms with Gasteiger partial charge in [-0.1, -0.05) is 0 Å². The molecule has 0 spiro atoms. The summed E-state index contributed by atoms with van der Waals surface area (Å²) in [6, 6.07) is 0. The van der Waals surface area contributed by atoms with Crippen LogP contribution in [0, 0.1) is 0 Å². The molecule has 0 radical (unpaired) electrons. The molecule has 0 aromatic rings. The molecule has 0 unspecified atom stereocenters. The quantitative estimate of drug-likeness (QED) is 0.289. The molecule has 0 aromatic carbocycles. The minimum atomic E-state index is -1.17. The van der Waals surface area contributed by atoms with Crippen molar-refractivity contribution in [2.45, 2.75) is 6.92 Å². The molecule has 3 N–H and O–H groups in total. The first-order valence-electron chi connectivity index (χ1n) is 2.98. The summed E-state index contributed by atoms with van der Waals surface area (Å²) < 4.78 is 4.49. The molecule has 0 aliphatic rings. The topological polar surface area (TPSA) is 87.7 Å². The van der Waals surface area contributed by atoms with Crippen molar-refractivity contribution in [3.8, 4) is 0 Å². The van der Waals surface area contributed by atoms with E-state index in [1.165, 1.54) is 6.92 Å². The zero-order chi connectivity index (χ0) is 8.69. The summed E-state index contributed by atoms with van der Waals surface area (Å²) in [5, 5.41) is 8.04. The number of amides is 1. The normalized spacial score (nSPS) is 8.82. The molecule has 0 heterocycles. The lowest BCUT2D eigenvalue weighted by Crippen LogP contribution is -2.38. The number of esters is 1. The fourth-order valence-corrected chi connectivity index (χ4v) is 0.384. The van der Waals surface area contributed by atoms with Gasteiger partial charge in [0, 0.05) is 13.5 Å². The number of hydrogen-bond acceptors (Lipinski definition) is 4. The van der Waals surface area contributed by atoms with Crippen molar-refractivity contribution >= 4 is 12.1 Å². The van der Waals surface area contributed by atoms with Crippen LogP contribution in [0.1, 0.15) is 6.92 Å². The van der Waals surface area contributed by atoms with Crippen LogP contribution in [0.3, 0.4) is 0 Å². The fraction of sp³-hybridized carbons (Fsp3) is 0.600. The van der Waals surface area contributed by atoms with E-state index in [1.807, 2.05) is 5.43 Å². The molecule has 11 heavy (non-hydrogen) atoms. The highest BCUT2D eigenvalue weighted by Gasteiger charge is 1.93. The van der Waals surface area contributed by atoms with Crippen molar-refractivity contribution in [2.75, 3.05) is 13.2 Å². The molecule has 0 atom stereocenters. The molecule has 1 amide bonds. The van der Waals surface area contributed by atoms with Crippen LogP contribution in [0.4, 0.5) is 4.79 Å². The number of nitrogens with one attached hydrogen (secondary N) is 2. The summed E-state index contributed by atoms with van der Waals surface area (Å²) >= 11 is 0. The van der Waals surface area contributed by atoms with E-state index >= 15 is 0 Å². The number of hydrogen-bond donors (Lipinski definition) is 3. The van der Waals surface area contributed by atoms with Crippen molar-refractivity contribution in [3.63, 3.8) is 0 Å². The molecule has 0 aliphatic carbocycles. The lowest BCUT2D eigenvalue weighted by molar-refractivity contribution is -0.140. The van der Waals surface area contributed by atoms with Gasteiger partial charge in [0.1, 0.15) is 6.61 Å². The van der Waals surface area contributed by atoms with Gasteiger partial charge in [-0.2, -0.15) is 0 Å². The Morgan fingerprint density at radius 3 is 2.64 bits per heavy atom. The second-order valence-electron chi connectivity index (χ2n) is 1.70. The fourth-order valence-electron chi connectivity index (χ4n) is 0.384. The molecule has 0 bridgehead atoms. The molecule has 6 heteroatoms. The molecule has 0 saturated heterocycles. The Bertz CT molecular complexity index is 131. The summed E-state index contributed by atoms with van der Waals surface area (Å²) in [5.41, 5.74) is 4.21. The summed E-state index contributed by atoms with van der Waals surface area (Å²) in [6.45, 7) is 1.69. The largest absolute Gasteiger partial charge is 0.464 e. The molecule has 64 valence electrons. The van der Waals surface area contributed by atoms with Crippen molar-refractivity contribution in [1.29, 1.82) is 0 Å². The van der Waals surface area contributed by atoms with E-state index in [-0.39, 0.29) is 19.1 Å². The Morgan fingerprint density at radius 2 is 2.18 bits per heavy atom. The van der Waals surface area contributed by atoms with Crippen molar-refractivity contribution in [1.82, 2.24) is 10.9 Å². The first kappa shape index (κ1) is 9.70. The molecule has 0 aromatic heterocycles. The van der Waals surface area contributed by atoms with E-state index in [0.29, 0.717) is 0 Å². The standard InChI is InChI=1S/C5H10N2O4/c1-4(8)11-3-2-6-7-5(9)10/h6-7H,2-3H2,1H3,(H,9,10). The van der Waals surface area contributed by atoms with Crippen LogP contribution in [-0.4, -0.2) is 30.3 Å². The molecular formula is C5H10N2O4. The predicted octanol–water partition coefficient (Wildman–Crippen LogP) is -0.678. The average molecular weight is 162 g/mol. The molecule has 0 rings (SSSR count). The molecule has 0 aliphatic heterocycles. The third-order valence-electron chi connectivity index (χ3n) is 0.728. The minimum Gasteiger partial charge on any atom is -0.464 e. The van der Waals surface area contributed by atoms with Gasteiger partial charge < -0.3 is 9.84 Å². The second-order valence-corrected chi connectivity index (χ2v) is 1.70. The Balaban J connectivity index is 3.03. The van der Waals surface area contributed by atoms with E-state index in [4.69, 9.17) is 5.11 Å². The lowest BCUT2D eigenvalue weighted by atomic mass is 10.7. The van der Waals surface area contributed by atoms with Crippen LogP contribution in [-0.2, 0) is 9.53 Å². The third-order valence-corrected chi connectivity index (χ3v) is 0.728. The van der Waals surface area contributed by atoms with Gasteiger partial charge in [-0.05, 0) is 0 Å². The Morgan fingerprint density at radius 1 is 1.55 bits per heavy atom. The van der Waals surface area contributed by atoms with Crippen LogP contribution in [0.15, 0.2) is 0 Å². The number of hydrazine groups is 1. The van der Waals surface area contributed by atoms with Gasteiger partial charge in [0.25, 0.3) is 0 Å². The molecule has 0 saturated carbocycles. The summed E-state index contributed by atoms with van der Waals surface area (Å²) in [6.07, 6.45) is -1.17. The Kier molecular flexibility index (Phi) is 4.83. The monoisotopic (exact) mass is 162 g/mol. The van der Waals surface area contributed by atoms with E-state index in [1.54, 1.807) is 0 Å². The molecule has 0 fully saturated rings. The maximum Gasteiger partial charge on any atom is 0.419 e. The molecule has 6 nitrogen and oxygen atoms in total. The van der Waals surface area contributed by atoms with Gasteiger partial charge in [-0.15, -0.1) is 0 Å². The van der Waals surface area contributed by atoms with Crippen molar-refractivity contribution in [3.05, 3.63) is 0 Å². The maximum absolute atomic E-state index is 10.2. The van der Waals surface area contributed by atoms with Crippen molar-refractivity contribution in [2.24, 2.45) is 0 Å². The van der Waals surface area contributed by atoms with Crippen LogP contribution >= 0.6 is 0 Å². The summed E-state index contributed by atoms with van der Waals surface area (Å²) in [5.74, 6) is -0.387. The lowest BCUT2D eigenvalue weighted by Gasteiger charge is -2.02.